The molecule has 35 heavy (non-hydrogen) atoms. The Morgan fingerprint density at radius 2 is 1.89 bits per heavy atom. The van der Waals surface area contributed by atoms with Gasteiger partial charge in [0.2, 0.25) is 15.7 Å². The molecule has 0 bridgehead atoms. The van der Waals surface area contributed by atoms with Crippen molar-refractivity contribution in [2.75, 3.05) is 13.7 Å². The van der Waals surface area contributed by atoms with Gasteiger partial charge in [0.15, 0.2) is 4.90 Å². The van der Waals surface area contributed by atoms with Gasteiger partial charge in [-0.05, 0) is 55.8 Å². The first-order chi connectivity index (χ1) is 16.6. The lowest BCUT2D eigenvalue weighted by Gasteiger charge is -2.26. The minimum Gasteiger partial charge on any atom is -0.493 e. The molecule has 0 spiro atoms. The maximum atomic E-state index is 13.4. The monoisotopic (exact) mass is 561 g/mol. The molecule has 3 aromatic rings. The number of ether oxygens (including phenoxy) is 2. The highest BCUT2D eigenvalue weighted by molar-refractivity contribution is 9.10. The number of sulfone groups is 1. The van der Waals surface area contributed by atoms with Gasteiger partial charge < -0.3 is 14.6 Å². The van der Waals surface area contributed by atoms with Crippen molar-refractivity contribution in [1.29, 1.82) is 5.26 Å². The first kappa shape index (κ1) is 26.6. The normalized spacial score (nSPS) is 12.5. The van der Waals surface area contributed by atoms with Crippen molar-refractivity contribution in [1.82, 2.24) is 9.55 Å². The standard InChI is InChI=1S/C24H24BrN3O6S/c1-15(2)34-14-21-27-23(29)22(35(31,32)19-9-7-18(25)8-10-19)24(30)28(21)20(13-33-3)17-6-4-5-16(11-17)12-26/h4-11,15,20,30H,13-14H2,1-3H3. The maximum absolute atomic E-state index is 13.4. The van der Waals surface area contributed by atoms with Crippen molar-refractivity contribution in [3.8, 4) is 11.9 Å². The fraction of sp³-hybridized carbons (Fsp3) is 0.292. The molecule has 9 nitrogen and oxygen atoms in total. The number of rotatable bonds is 9. The second-order valence-corrected chi connectivity index (χ2v) is 10.7. The Morgan fingerprint density at radius 1 is 1.20 bits per heavy atom. The molecule has 0 saturated heterocycles. The molecule has 0 aliphatic heterocycles. The van der Waals surface area contributed by atoms with Gasteiger partial charge in [-0.25, -0.2) is 8.42 Å². The Morgan fingerprint density at radius 3 is 2.49 bits per heavy atom. The zero-order valence-electron chi connectivity index (χ0n) is 19.3. The fourth-order valence-corrected chi connectivity index (χ4v) is 5.09. The third-order valence-corrected chi connectivity index (χ3v) is 7.43. The fourth-order valence-electron chi connectivity index (χ4n) is 3.48. The Kier molecular flexibility index (Phi) is 8.45. The molecule has 0 fully saturated rings. The summed E-state index contributed by atoms with van der Waals surface area (Å²) in [7, 11) is -2.99. The van der Waals surface area contributed by atoms with Crippen LogP contribution >= 0.6 is 15.9 Å². The van der Waals surface area contributed by atoms with Gasteiger partial charge in [0, 0.05) is 11.6 Å². The van der Waals surface area contributed by atoms with Crippen LogP contribution in [-0.4, -0.2) is 42.9 Å². The zero-order valence-corrected chi connectivity index (χ0v) is 21.7. The van der Waals surface area contributed by atoms with Crippen LogP contribution in [0.5, 0.6) is 5.88 Å². The van der Waals surface area contributed by atoms with Gasteiger partial charge in [-0.2, -0.15) is 10.2 Å². The Bertz CT molecular complexity index is 1410. The summed E-state index contributed by atoms with van der Waals surface area (Å²) in [5.74, 6) is -0.778. The maximum Gasteiger partial charge on any atom is 0.296 e. The highest BCUT2D eigenvalue weighted by Crippen LogP contribution is 2.32. The predicted octanol–water partition coefficient (Wildman–Crippen LogP) is 3.58. The highest BCUT2D eigenvalue weighted by atomic mass is 79.9. The molecule has 2 aromatic carbocycles. The minimum atomic E-state index is -4.43. The van der Waals surface area contributed by atoms with E-state index >= 15 is 0 Å². The first-order valence-corrected chi connectivity index (χ1v) is 12.8. The van der Waals surface area contributed by atoms with Crippen LogP contribution in [0.3, 0.4) is 0 Å². The summed E-state index contributed by atoms with van der Waals surface area (Å²) in [6.07, 6.45) is -0.225. The second kappa shape index (κ2) is 11.1. The summed E-state index contributed by atoms with van der Waals surface area (Å²) >= 11 is 3.25. The molecule has 3 rings (SSSR count). The van der Waals surface area contributed by atoms with E-state index in [0.717, 1.165) is 0 Å². The zero-order chi connectivity index (χ0) is 25.8. The number of nitrogens with zero attached hydrogens (tertiary/aromatic N) is 3. The van der Waals surface area contributed by atoms with Crippen LogP contribution in [0.2, 0.25) is 0 Å². The Hall–Kier alpha value is -3.04. The molecule has 0 amide bonds. The van der Waals surface area contributed by atoms with Gasteiger partial charge in [-0.15, -0.1) is 0 Å². The van der Waals surface area contributed by atoms with Crippen molar-refractivity contribution in [3.63, 3.8) is 0 Å². The topological polar surface area (TPSA) is 132 Å². The van der Waals surface area contributed by atoms with Gasteiger partial charge >= 0.3 is 0 Å². The van der Waals surface area contributed by atoms with Crippen LogP contribution in [0.4, 0.5) is 0 Å². The van der Waals surface area contributed by atoms with Crippen molar-refractivity contribution in [2.45, 2.75) is 42.4 Å². The van der Waals surface area contributed by atoms with Crippen LogP contribution < -0.4 is 5.56 Å². The van der Waals surface area contributed by atoms with Gasteiger partial charge in [0.25, 0.3) is 5.56 Å². The number of aromatic nitrogens is 2. The quantitative estimate of drug-likeness (QED) is 0.419. The summed E-state index contributed by atoms with van der Waals surface area (Å²) in [5, 5.41) is 20.6. The van der Waals surface area contributed by atoms with Crippen LogP contribution in [0.1, 0.15) is 36.8 Å². The molecule has 1 heterocycles. The average Bonchev–Trinajstić information content (AvgIpc) is 2.81. The number of methoxy groups -OCH3 is 1. The lowest BCUT2D eigenvalue weighted by Crippen LogP contribution is -2.29. The molecule has 0 saturated carbocycles. The summed E-state index contributed by atoms with van der Waals surface area (Å²) in [5.41, 5.74) is -0.199. The van der Waals surface area contributed by atoms with Crippen LogP contribution in [-0.2, 0) is 25.9 Å². The molecule has 1 aromatic heterocycles. The second-order valence-electron chi connectivity index (χ2n) is 7.88. The summed E-state index contributed by atoms with van der Waals surface area (Å²) in [4.78, 5) is 15.9. The molecular weight excluding hydrogens is 538 g/mol. The smallest absolute Gasteiger partial charge is 0.296 e. The number of hydrogen-bond acceptors (Lipinski definition) is 8. The first-order valence-electron chi connectivity index (χ1n) is 10.6. The van der Waals surface area contributed by atoms with Crippen molar-refractivity contribution in [3.05, 3.63) is 80.3 Å². The Labute approximate surface area is 211 Å². The van der Waals surface area contributed by atoms with Gasteiger partial charge in [0.05, 0.1) is 35.3 Å². The molecule has 184 valence electrons. The predicted molar refractivity (Wildman–Crippen MR) is 131 cm³/mol. The average molecular weight is 562 g/mol. The lowest BCUT2D eigenvalue weighted by atomic mass is 10.0. The van der Waals surface area contributed by atoms with E-state index in [0.29, 0.717) is 15.6 Å². The highest BCUT2D eigenvalue weighted by Gasteiger charge is 2.32. The van der Waals surface area contributed by atoms with Crippen LogP contribution in [0.25, 0.3) is 0 Å². The van der Waals surface area contributed by atoms with E-state index in [4.69, 9.17) is 9.47 Å². The SMILES string of the molecule is COCC(c1cccc(C#N)c1)n1c(COC(C)C)nc(=O)c(S(=O)(=O)c2ccc(Br)cc2)c1O. The summed E-state index contributed by atoms with van der Waals surface area (Å²) in [6.45, 7) is 3.39. The van der Waals surface area contributed by atoms with E-state index in [9.17, 15) is 23.6 Å². The molecule has 0 aliphatic carbocycles. The molecule has 0 radical (unpaired) electrons. The molecule has 11 heteroatoms. The molecular formula is C24H24BrN3O6S. The van der Waals surface area contributed by atoms with E-state index in [-0.39, 0.29) is 30.0 Å². The third kappa shape index (κ3) is 5.79. The van der Waals surface area contributed by atoms with Gasteiger partial charge in [0.1, 0.15) is 12.4 Å². The lowest BCUT2D eigenvalue weighted by molar-refractivity contribution is 0.0554. The van der Waals surface area contributed by atoms with Gasteiger partial charge in [-0.1, -0.05) is 28.1 Å². The molecule has 0 aliphatic rings. The van der Waals surface area contributed by atoms with Crippen LogP contribution in [0, 0.1) is 11.3 Å². The van der Waals surface area contributed by atoms with Crippen molar-refractivity contribution < 1.29 is 23.0 Å². The third-order valence-electron chi connectivity index (χ3n) is 5.11. The van der Waals surface area contributed by atoms with Crippen molar-refractivity contribution >= 4 is 25.8 Å². The molecule has 1 atom stereocenters. The minimum absolute atomic E-state index is 0.0142. The summed E-state index contributed by atoms with van der Waals surface area (Å²) < 4.78 is 39.7. The number of nitriles is 1. The largest absolute Gasteiger partial charge is 0.493 e. The number of halogens is 1. The van der Waals surface area contributed by atoms with E-state index in [1.165, 1.54) is 35.9 Å². The molecule has 1 N–H and O–H groups in total. The van der Waals surface area contributed by atoms with E-state index in [2.05, 4.69) is 27.0 Å². The van der Waals surface area contributed by atoms with E-state index < -0.39 is 32.2 Å². The molecule has 1 unspecified atom stereocenters. The van der Waals surface area contributed by atoms with E-state index in [1.54, 1.807) is 38.1 Å². The number of benzene rings is 2. The van der Waals surface area contributed by atoms with E-state index in [1.807, 2.05) is 0 Å². The summed E-state index contributed by atoms with van der Waals surface area (Å²) in [6, 6.07) is 13.5. The van der Waals surface area contributed by atoms with Crippen LogP contribution in [0.15, 0.2) is 67.6 Å². The van der Waals surface area contributed by atoms with Gasteiger partial charge in [-0.3, -0.25) is 9.36 Å². The number of hydrogen-bond donors (Lipinski definition) is 1. The Balaban J connectivity index is 2.32. The number of aromatic hydroxyl groups is 1. The van der Waals surface area contributed by atoms with Crippen molar-refractivity contribution in [2.24, 2.45) is 0 Å².